The molecule has 0 aromatic carbocycles. The van der Waals surface area contributed by atoms with Crippen LogP contribution in [0.3, 0.4) is 0 Å². The van der Waals surface area contributed by atoms with Gasteiger partial charge in [0, 0.05) is 4.79 Å². The summed E-state index contributed by atoms with van der Waals surface area (Å²) in [5.41, 5.74) is 0.753. The maximum Gasteiger partial charge on any atom is 0.171 e. The Morgan fingerprint density at radius 1 is 1.82 bits per heavy atom. The molecular weight excluding hydrogens is 395 g/mol. The molecule has 0 aliphatic carbocycles. The first-order valence-corrected chi connectivity index (χ1v) is 2.66. The quantitative estimate of drug-likeness (QED) is 0.654. The number of allylic oxidation sites excluding steroid dienone is 1. The topological polar surface area (TPSA) is 35.1 Å². The fourth-order valence-corrected chi connectivity index (χ4v) is 0.551. The molecule has 5 heteroatoms. The molecular formula is C6H6N4Rf. The molecule has 0 fully saturated rings. The Morgan fingerprint density at radius 2 is 2.45 bits per heavy atom. The zero-order valence-corrected chi connectivity index (χ0v) is 12.7. The van der Waals surface area contributed by atoms with Crippen molar-refractivity contribution in [1.82, 2.24) is 14.9 Å². The van der Waals surface area contributed by atoms with E-state index in [2.05, 4.69) is 27.9 Å². The molecule has 0 unspecified atom stereocenters. The van der Waals surface area contributed by atoms with Gasteiger partial charge in [-0.25, -0.2) is 0 Å². The van der Waals surface area contributed by atoms with Gasteiger partial charge in [-0.2, -0.15) is 0 Å². The van der Waals surface area contributed by atoms with Crippen LogP contribution >= 0.6 is 0 Å². The SMILES string of the molecule is C#[N+]n1n[c-]nc1C(=C)C.[Rf]. The molecule has 0 N–H and O–H groups in total. The van der Waals surface area contributed by atoms with E-state index in [4.69, 9.17) is 6.57 Å². The van der Waals surface area contributed by atoms with Gasteiger partial charge in [0.05, 0.1) is 5.82 Å². The molecule has 0 spiro atoms. The van der Waals surface area contributed by atoms with Crippen molar-refractivity contribution < 1.29 is 0 Å². The summed E-state index contributed by atoms with van der Waals surface area (Å²) in [6.07, 6.45) is 2.36. The van der Waals surface area contributed by atoms with Crippen LogP contribution in [-0.4, -0.2) is 14.9 Å². The van der Waals surface area contributed by atoms with Gasteiger partial charge in [-0.3, -0.25) is 0 Å². The third-order valence-electron chi connectivity index (χ3n) is 0.976. The van der Waals surface area contributed by atoms with Gasteiger partial charge in [0.25, 0.3) is 0 Å². The van der Waals surface area contributed by atoms with Gasteiger partial charge in [0.2, 0.25) is 0 Å². The first-order chi connectivity index (χ1) is 4.75. The minimum atomic E-state index is 0. The van der Waals surface area contributed by atoms with Gasteiger partial charge in [0.15, 0.2) is 6.57 Å². The molecule has 0 radical (unpaired) electrons. The zero-order chi connectivity index (χ0) is 7.56. The number of hydrogen-bond acceptors (Lipinski definition) is 2. The monoisotopic (exact) mass is 401 g/mol. The molecule has 52 valence electrons. The Balaban J connectivity index is 0.000001000. The molecule has 4 nitrogen and oxygen atoms in total. The fourth-order valence-electron chi connectivity index (χ4n) is 0.551. The van der Waals surface area contributed by atoms with E-state index in [0.717, 1.165) is 5.57 Å². The van der Waals surface area contributed by atoms with Crippen LogP contribution in [0.25, 0.3) is 10.5 Å². The van der Waals surface area contributed by atoms with Gasteiger partial charge < -0.3 is 4.98 Å². The van der Waals surface area contributed by atoms with Crippen molar-refractivity contribution >= 4 is 5.57 Å². The average Bonchev–Trinajstić information content (AvgIpc) is 2.33. The molecule has 1 aromatic heterocycles. The van der Waals surface area contributed by atoms with Gasteiger partial charge in [-0.05, 0) is 5.10 Å². The zero-order valence-electron chi connectivity index (χ0n) is 6.28. The Hall–Kier alpha value is -2.63. The van der Waals surface area contributed by atoms with Gasteiger partial charge in [0.1, 0.15) is 6.33 Å². The van der Waals surface area contributed by atoms with Crippen molar-refractivity contribution in [2.45, 2.75) is 6.92 Å². The van der Waals surface area contributed by atoms with E-state index in [-0.39, 0.29) is 0 Å². The van der Waals surface area contributed by atoms with Gasteiger partial charge in [-0.15, -0.1) is 6.58 Å². The Kier molecular flexibility index (Phi) is 2.12. The predicted molar refractivity (Wildman–Crippen MR) is 37.3 cm³/mol. The van der Waals surface area contributed by atoms with E-state index in [1.807, 2.05) is 0 Å². The summed E-state index contributed by atoms with van der Waals surface area (Å²) in [6, 6.07) is 0. The Morgan fingerprint density at radius 3 is 2.82 bits per heavy atom. The largest absolute Gasteiger partial charge is 0.383 e. The van der Waals surface area contributed by atoms with Crippen LogP contribution in [-0.2, 0) is 0 Å². The average molecular weight is 401 g/mol. The van der Waals surface area contributed by atoms with E-state index in [0.29, 0.717) is 5.82 Å². The molecule has 0 saturated heterocycles. The van der Waals surface area contributed by atoms with E-state index >= 15 is 0 Å². The van der Waals surface area contributed by atoms with E-state index in [1.165, 1.54) is 4.79 Å². The number of nitrogens with zero attached hydrogens (tertiary/aromatic N) is 4. The van der Waals surface area contributed by atoms with Crippen LogP contribution in [0.1, 0.15) is 12.7 Å². The van der Waals surface area contributed by atoms with E-state index in [1.54, 1.807) is 6.92 Å². The summed E-state index contributed by atoms with van der Waals surface area (Å²) in [6.45, 7) is 10.4. The fraction of sp³-hybridized carbons (Fsp3) is 0.167. The molecule has 0 atom stereocenters. The first-order valence-electron chi connectivity index (χ1n) is 2.66. The van der Waals surface area contributed by atoms with Crippen LogP contribution < -0.4 is 0 Å². The van der Waals surface area contributed by atoms with Crippen molar-refractivity contribution in [2.75, 3.05) is 0 Å². The molecule has 0 aliphatic heterocycles. The molecule has 0 bridgehead atoms. The van der Waals surface area contributed by atoms with Gasteiger partial charge in [-0.1, -0.05) is 17.5 Å². The summed E-state index contributed by atoms with van der Waals surface area (Å²) >= 11 is 0. The maximum atomic E-state index is 4.96. The van der Waals surface area contributed by atoms with Crippen LogP contribution in [0.2, 0.25) is 0 Å². The summed E-state index contributed by atoms with van der Waals surface area (Å²) in [4.78, 5) is 8.21. The van der Waals surface area contributed by atoms with Crippen molar-refractivity contribution in [3.63, 3.8) is 0 Å². The third-order valence-corrected chi connectivity index (χ3v) is 0.976. The molecule has 1 aromatic rings. The maximum absolute atomic E-state index is 4.96. The van der Waals surface area contributed by atoms with Crippen molar-refractivity contribution in [3.8, 4) is 6.57 Å². The van der Waals surface area contributed by atoms with Crippen molar-refractivity contribution in [2.24, 2.45) is 0 Å². The second kappa shape index (κ2) is 2.78. The second-order valence-electron chi connectivity index (χ2n) is 1.82. The summed E-state index contributed by atoms with van der Waals surface area (Å²) in [5, 5.41) is 3.58. The minimum Gasteiger partial charge on any atom is -0.383 e. The number of hydrogen-bond donors (Lipinski definition) is 0. The minimum absolute atomic E-state index is 0. The number of aromatic nitrogens is 3. The van der Waals surface area contributed by atoms with Crippen LogP contribution in [0.15, 0.2) is 6.58 Å². The van der Waals surface area contributed by atoms with Crippen molar-refractivity contribution in [1.29, 1.82) is 0 Å². The molecule has 0 aliphatic rings. The molecule has 0 amide bonds. The van der Waals surface area contributed by atoms with E-state index in [9.17, 15) is 0 Å². The normalized spacial score (nSPS) is 8.00. The van der Waals surface area contributed by atoms with E-state index < -0.39 is 0 Å². The molecule has 1 rings (SSSR count). The summed E-state index contributed by atoms with van der Waals surface area (Å²) in [5.74, 6) is 0.530. The predicted octanol–water partition coefficient (Wildman–Crippen LogP) is 0.837. The van der Waals surface area contributed by atoms with Crippen molar-refractivity contribution in [3.05, 3.63) is 23.7 Å². The van der Waals surface area contributed by atoms with Gasteiger partial charge >= 0.3 is 0 Å². The summed E-state index contributed by atoms with van der Waals surface area (Å²) < 4.78 is 0. The molecule has 11 heavy (non-hydrogen) atoms. The van der Waals surface area contributed by atoms with Crippen LogP contribution in [0.5, 0.6) is 0 Å². The molecule has 1 heterocycles. The Bertz CT molecular complexity index is 296. The first kappa shape index (κ1) is 8.37. The second-order valence-corrected chi connectivity index (χ2v) is 1.82. The number of rotatable bonds is 1. The van der Waals surface area contributed by atoms with Crippen LogP contribution in [0.4, 0.5) is 0 Å². The summed E-state index contributed by atoms with van der Waals surface area (Å²) in [7, 11) is 0. The third kappa shape index (κ3) is 1.19. The van der Waals surface area contributed by atoms with Crippen LogP contribution in [0, 0.1) is 12.9 Å². The Labute approximate surface area is 58.6 Å². The molecule has 0 saturated carbocycles. The standard InChI is InChI=1S/C6H6N4.Rf/c1-5(2)6-8-4-9-10(6)7-3;/h3H,1H2,2H3;. The smallest absolute Gasteiger partial charge is 0.171 e.